The molecule has 13 nitrogen and oxygen atoms in total. The van der Waals surface area contributed by atoms with Gasteiger partial charge < -0.3 is 36.0 Å². The van der Waals surface area contributed by atoms with Gasteiger partial charge in [0, 0.05) is 31.7 Å². The molecule has 1 aliphatic rings. The summed E-state index contributed by atoms with van der Waals surface area (Å²) in [4.78, 5) is 71.8. The molecule has 0 saturated carbocycles. The minimum atomic E-state index is -1.76. The molecular formula is C33H38N6O7. The normalized spacial score (nSPS) is 16.0. The maximum Gasteiger partial charge on any atom is 0.408 e. The summed E-state index contributed by atoms with van der Waals surface area (Å²) in [5, 5.41) is 16.4. The Morgan fingerprint density at radius 3 is 2.24 bits per heavy atom. The average molecular weight is 631 g/mol. The van der Waals surface area contributed by atoms with E-state index in [2.05, 4.69) is 15.6 Å². The Labute approximate surface area is 266 Å². The molecule has 0 spiro atoms. The Morgan fingerprint density at radius 1 is 0.978 bits per heavy atom. The van der Waals surface area contributed by atoms with Gasteiger partial charge in [0.05, 0.1) is 12.5 Å². The van der Waals surface area contributed by atoms with Crippen molar-refractivity contribution in [2.24, 2.45) is 5.73 Å². The molecule has 1 unspecified atom stereocenters. The van der Waals surface area contributed by atoms with Crippen LogP contribution in [0.3, 0.4) is 0 Å². The molecule has 4 atom stereocenters. The Bertz CT molecular complexity index is 1490. The fourth-order valence-electron chi connectivity index (χ4n) is 5.26. The Kier molecular flexibility index (Phi) is 11.8. The summed E-state index contributed by atoms with van der Waals surface area (Å²) in [6.45, 7) is 0.162. The highest BCUT2D eigenvalue weighted by molar-refractivity contribution is 5.99. The van der Waals surface area contributed by atoms with Crippen LogP contribution in [0.2, 0.25) is 0 Å². The first-order valence-electron chi connectivity index (χ1n) is 14.9. The van der Waals surface area contributed by atoms with Crippen LogP contribution in [0.25, 0.3) is 0 Å². The van der Waals surface area contributed by atoms with E-state index in [9.17, 15) is 29.1 Å². The van der Waals surface area contributed by atoms with Crippen molar-refractivity contribution >= 4 is 35.4 Å². The van der Waals surface area contributed by atoms with Crippen LogP contribution in [0, 0.1) is 0 Å². The second-order valence-electron chi connectivity index (χ2n) is 11.0. The number of benzene rings is 2. The van der Waals surface area contributed by atoms with Crippen LogP contribution in [0.15, 0.2) is 85.2 Å². The number of nitrogens with two attached hydrogens (primary N) is 1. The predicted octanol–water partition coefficient (Wildman–Crippen LogP) is 1.29. The molecular weight excluding hydrogens is 592 g/mol. The number of rotatable bonds is 13. The molecule has 0 radical (unpaired) electrons. The molecule has 2 heterocycles. The zero-order chi connectivity index (χ0) is 33.1. The van der Waals surface area contributed by atoms with Gasteiger partial charge in [-0.05, 0) is 42.5 Å². The van der Waals surface area contributed by atoms with Gasteiger partial charge in [0.15, 0.2) is 6.10 Å². The molecule has 5 N–H and O–H groups in total. The number of primary amides is 1. The lowest BCUT2D eigenvalue weighted by molar-refractivity contribution is -0.146. The Hall–Kier alpha value is -5.30. The maximum atomic E-state index is 13.8. The summed E-state index contributed by atoms with van der Waals surface area (Å²) in [6.07, 6.45) is 0.814. The number of aliphatic hydroxyl groups is 1. The van der Waals surface area contributed by atoms with Gasteiger partial charge in [-0.1, -0.05) is 60.7 Å². The number of ether oxygens (including phenoxy) is 1. The lowest BCUT2D eigenvalue weighted by Crippen LogP contribution is -2.58. The number of pyridine rings is 1. The molecule has 3 aromatic rings. The van der Waals surface area contributed by atoms with Crippen LogP contribution in [-0.4, -0.2) is 82.5 Å². The van der Waals surface area contributed by atoms with Crippen LogP contribution in [0.1, 0.15) is 30.4 Å². The highest BCUT2D eigenvalue weighted by Crippen LogP contribution is 2.24. The van der Waals surface area contributed by atoms with Gasteiger partial charge in [0.25, 0.3) is 5.91 Å². The highest BCUT2D eigenvalue weighted by atomic mass is 16.5. The minimum Gasteiger partial charge on any atom is -0.445 e. The van der Waals surface area contributed by atoms with E-state index in [0.29, 0.717) is 29.7 Å². The van der Waals surface area contributed by atoms with Gasteiger partial charge in [-0.25, -0.2) is 4.79 Å². The Morgan fingerprint density at radius 2 is 1.61 bits per heavy atom. The quantitative estimate of drug-likeness (QED) is 0.218. The van der Waals surface area contributed by atoms with Crippen molar-refractivity contribution in [2.45, 2.75) is 56.5 Å². The van der Waals surface area contributed by atoms with Gasteiger partial charge in [0.1, 0.15) is 18.7 Å². The first kappa shape index (κ1) is 33.6. The zero-order valence-corrected chi connectivity index (χ0v) is 25.5. The number of hydrogen-bond donors (Lipinski definition) is 4. The molecule has 13 heteroatoms. The number of likely N-dealkylation sites (tertiary alicyclic amines) is 1. The van der Waals surface area contributed by atoms with E-state index in [-0.39, 0.29) is 25.5 Å². The molecule has 46 heavy (non-hydrogen) atoms. The maximum absolute atomic E-state index is 13.8. The molecule has 1 aromatic heterocycles. The third kappa shape index (κ3) is 9.11. The smallest absolute Gasteiger partial charge is 0.408 e. The summed E-state index contributed by atoms with van der Waals surface area (Å²) in [6, 6.07) is 17.6. The van der Waals surface area contributed by atoms with E-state index in [1.165, 1.54) is 9.80 Å². The van der Waals surface area contributed by atoms with Crippen LogP contribution in [-0.2, 0) is 36.9 Å². The fourth-order valence-corrected chi connectivity index (χ4v) is 5.26. The Balaban J connectivity index is 1.49. The van der Waals surface area contributed by atoms with Gasteiger partial charge >= 0.3 is 6.09 Å². The molecule has 1 fully saturated rings. The third-order valence-electron chi connectivity index (χ3n) is 7.69. The monoisotopic (exact) mass is 630 g/mol. The molecule has 242 valence electrons. The molecule has 0 aliphatic carbocycles. The predicted molar refractivity (Wildman–Crippen MR) is 168 cm³/mol. The summed E-state index contributed by atoms with van der Waals surface area (Å²) in [7, 11) is 1.60. The van der Waals surface area contributed by atoms with Crippen LogP contribution in [0.4, 0.5) is 10.5 Å². The van der Waals surface area contributed by atoms with Crippen molar-refractivity contribution in [2.75, 3.05) is 18.5 Å². The molecule has 5 amide bonds. The first-order chi connectivity index (χ1) is 22.1. The van der Waals surface area contributed by atoms with Gasteiger partial charge in [0.2, 0.25) is 17.7 Å². The van der Waals surface area contributed by atoms with E-state index in [1.807, 2.05) is 6.07 Å². The van der Waals surface area contributed by atoms with E-state index in [1.54, 1.807) is 86.2 Å². The van der Waals surface area contributed by atoms with Crippen LogP contribution >= 0.6 is 0 Å². The van der Waals surface area contributed by atoms with E-state index in [4.69, 9.17) is 10.5 Å². The molecule has 2 aromatic carbocycles. The minimum absolute atomic E-state index is 0.0323. The molecule has 1 aliphatic heterocycles. The lowest BCUT2D eigenvalue weighted by atomic mass is 9.99. The first-order valence-corrected chi connectivity index (χ1v) is 14.9. The van der Waals surface area contributed by atoms with Crippen molar-refractivity contribution < 1.29 is 33.8 Å². The van der Waals surface area contributed by atoms with Crippen LogP contribution < -0.4 is 21.3 Å². The number of aliphatic hydroxyl groups excluding tert-OH is 1. The van der Waals surface area contributed by atoms with Gasteiger partial charge in [-0.3, -0.25) is 24.2 Å². The summed E-state index contributed by atoms with van der Waals surface area (Å²) in [5.41, 5.74) is 7.38. The second-order valence-corrected chi connectivity index (χ2v) is 11.0. The number of carbonyl (C=O) groups excluding carboxylic acids is 5. The topological polar surface area (TPSA) is 184 Å². The van der Waals surface area contributed by atoms with Crippen molar-refractivity contribution in [3.8, 4) is 0 Å². The van der Waals surface area contributed by atoms with Crippen molar-refractivity contribution in [1.82, 2.24) is 20.5 Å². The van der Waals surface area contributed by atoms with E-state index < -0.39 is 54.5 Å². The number of anilines is 1. The van der Waals surface area contributed by atoms with Gasteiger partial charge in [-0.2, -0.15) is 0 Å². The largest absolute Gasteiger partial charge is 0.445 e. The number of alkyl carbamates (subject to hydrolysis) is 1. The van der Waals surface area contributed by atoms with Gasteiger partial charge in [-0.15, -0.1) is 0 Å². The number of nitrogens with one attached hydrogen (secondary N) is 2. The number of carbonyl (C=O) groups is 5. The molecule has 1 saturated heterocycles. The van der Waals surface area contributed by atoms with E-state index in [0.717, 1.165) is 0 Å². The lowest BCUT2D eigenvalue weighted by Gasteiger charge is -2.32. The van der Waals surface area contributed by atoms with Crippen molar-refractivity contribution in [3.05, 3.63) is 96.3 Å². The highest BCUT2D eigenvalue weighted by Gasteiger charge is 2.41. The summed E-state index contributed by atoms with van der Waals surface area (Å²) >= 11 is 0. The molecule has 0 bridgehead atoms. The number of amides is 5. The molecule has 4 rings (SSSR count). The standard InChI is InChI=1S/C33H38N6O7/c1-38(24-14-16-35-17-15-24)31(43)27-13-8-18-39(27)32(44)29(41)25(19-22-9-4-2-5-10-22)36-30(42)26(20-28(34)40)37-33(45)46-21-23-11-6-3-7-12-23/h2-7,9-12,14-17,25-27,29,41H,8,13,18-21H2,1H3,(H2,34,40)(H,36,42)(H,37,45)/t25-,26-,27-,29?/m0/s1. The SMILES string of the molecule is CN(C(=O)[C@@H]1CCCN1C(=O)C(O)[C@H](Cc1ccccc1)NC(=O)[C@H](CC(N)=O)NC(=O)OCc1ccccc1)c1ccncc1. The number of aromatic nitrogens is 1. The average Bonchev–Trinajstić information content (AvgIpc) is 3.56. The number of hydrogen-bond acceptors (Lipinski definition) is 8. The van der Waals surface area contributed by atoms with Crippen molar-refractivity contribution in [1.29, 1.82) is 0 Å². The number of nitrogens with zero attached hydrogens (tertiary/aromatic N) is 3. The van der Waals surface area contributed by atoms with E-state index >= 15 is 0 Å². The van der Waals surface area contributed by atoms with Crippen LogP contribution in [0.5, 0.6) is 0 Å². The fraction of sp³-hybridized carbons (Fsp3) is 0.333. The number of likely N-dealkylation sites (N-methyl/N-ethyl adjacent to an activating group) is 1. The summed E-state index contributed by atoms with van der Waals surface area (Å²) < 4.78 is 5.20. The van der Waals surface area contributed by atoms with Crippen molar-refractivity contribution in [3.63, 3.8) is 0 Å². The second kappa shape index (κ2) is 16.1. The zero-order valence-electron chi connectivity index (χ0n) is 25.5. The summed E-state index contributed by atoms with van der Waals surface area (Å²) in [5.74, 6) is -2.78. The third-order valence-corrected chi connectivity index (χ3v) is 7.69.